The van der Waals surface area contributed by atoms with Crippen molar-refractivity contribution in [3.05, 3.63) is 70.6 Å². The first-order chi connectivity index (χ1) is 14.9. The highest BCUT2D eigenvalue weighted by atomic mass is 32.2. The molecule has 2 rings (SSSR count). The number of allylic oxidation sites excluding steroid dienone is 1. The third-order valence-electron chi connectivity index (χ3n) is 5.21. The molecule has 0 fully saturated rings. The average molecular weight is 438 g/mol. The van der Waals surface area contributed by atoms with E-state index in [0.29, 0.717) is 11.6 Å². The SMILES string of the molecule is CCCCCOc1cccc(S/C=C/C(=N\C(=N)N)c2cc(C(C)CC)ccc2C)c1. The lowest BCUT2D eigenvalue weighted by Crippen LogP contribution is -2.11. The molecule has 5 heteroatoms. The Morgan fingerprint density at radius 2 is 2.00 bits per heavy atom. The summed E-state index contributed by atoms with van der Waals surface area (Å²) in [6.07, 6.45) is 6.46. The molecule has 0 saturated heterocycles. The molecule has 4 nitrogen and oxygen atoms in total. The predicted molar refractivity (Wildman–Crippen MR) is 135 cm³/mol. The average Bonchev–Trinajstić information content (AvgIpc) is 2.76. The minimum Gasteiger partial charge on any atom is -0.494 e. The molecule has 0 bridgehead atoms. The minimum atomic E-state index is -0.194. The molecule has 0 aliphatic heterocycles. The monoisotopic (exact) mass is 437 g/mol. The van der Waals surface area contributed by atoms with Crippen LogP contribution in [0.4, 0.5) is 0 Å². The molecular formula is C26H35N3OS. The van der Waals surface area contributed by atoms with Gasteiger partial charge in [-0.25, -0.2) is 4.99 Å². The fourth-order valence-electron chi connectivity index (χ4n) is 3.13. The molecule has 0 aromatic heterocycles. The van der Waals surface area contributed by atoms with Gasteiger partial charge >= 0.3 is 0 Å². The maximum atomic E-state index is 7.67. The smallest absolute Gasteiger partial charge is 0.213 e. The van der Waals surface area contributed by atoms with Crippen molar-refractivity contribution in [2.75, 3.05) is 6.61 Å². The molecular weight excluding hydrogens is 402 g/mol. The van der Waals surface area contributed by atoms with Crippen LogP contribution in [0.1, 0.15) is 69.1 Å². The van der Waals surface area contributed by atoms with Crippen LogP contribution in [0.25, 0.3) is 0 Å². The predicted octanol–water partition coefficient (Wildman–Crippen LogP) is 7.07. The van der Waals surface area contributed by atoms with Gasteiger partial charge in [0.1, 0.15) is 5.75 Å². The number of guanidine groups is 1. The van der Waals surface area contributed by atoms with Gasteiger partial charge in [-0.15, -0.1) is 0 Å². The van der Waals surface area contributed by atoms with E-state index in [9.17, 15) is 0 Å². The number of ether oxygens (including phenoxy) is 1. The van der Waals surface area contributed by atoms with E-state index in [4.69, 9.17) is 15.9 Å². The molecule has 31 heavy (non-hydrogen) atoms. The second kappa shape index (κ2) is 13.0. The molecule has 0 aliphatic rings. The number of aliphatic imine (C=N–C) groups is 1. The molecule has 1 unspecified atom stereocenters. The van der Waals surface area contributed by atoms with E-state index in [1.165, 1.54) is 18.4 Å². The molecule has 0 amide bonds. The molecule has 0 aliphatic carbocycles. The standard InChI is InChI=1S/C26H35N3OS/c1-5-7-8-15-30-22-10-9-11-23(18-22)31-16-14-25(29-26(27)28)24-17-21(19(3)6-2)13-12-20(24)4/h9-14,16-19H,5-8,15H2,1-4H3,(H3,27,28)/b16-14+,29-25+. The quantitative estimate of drug-likeness (QED) is 0.171. The second-order valence-electron chi connectivity index (χ2n) is 7.72. The molecule has 3 N–H and O–H groups in total. The summed E-state index contributed by atoms with van der Waals surface area (Å²) < 4.78 is 5.85. The second-order valence-corrected chi connectivity index (χ2v) is 8.70. The van der Waals surface area contributed by atoms with E-state index in [0.717, 1.165) is 41.2 Å². The summed E-state index contributed by atoms with van der Waals surface area (Å²) in [5, 5.41) is 9.67. The maximum absolute atomic E-state index is 7.67. The Kier molecular flexibility index (Phi) is 10.4. The van der Waals surface area contributed by atoms with E-state index in [2.05, 4.69) is 63.0 Å². The summed E-state index contributed by atoms with van der Waals surface area (Å²) in [6.45, 7) is 9.41. The van der Waals surface area contributed by atoms with Crippen LogP contribution >= 0.6 is 11.8 Å². The van der Waals surface area contributed by atoms with Crippen molar-refractivity contribution in [1.82, 2.24) is 0 Å². The number of rotatable bonds is 11. The summed E-state index contributed by atoms with van der Waals surface area (Å²) >= 11 is 1.60. The van der Waals surface area contributed by atoms with E-state index < -0.39 is 0 Å². The highest BCUT2D eigenvalue weighted by molar-refractivity contribution is 8.02. The number of nitrogens with one attached hydrogen (secondary N) is 1. The number of thioether (sulfide) groups is 1. The van der Waals surface area contributed by atoms with Crippen LogP contribution in [0, 0.1) is 12.3 Å². The molecule has 166 valence electrons. The van der Waals surface area contributed by atoms with Crippen molar-refractivity contribution < 1.29 is 4.74 Å². The normalized spacial score (nSPS) is 12.8. The largest absolute Gasteiger partial charge is 0.494 e. The first kappa shape index (κ1) is 24.7. The summed E-state index contributed by atoms with van der Waals surface area (Å²) in [6, 6.07) is 14.6. The summed E-state index contributed by atoms with van der Waals surface area (Å²) in [7, 11) is 0. The Morgan fingerprint density at radius 3 is 2.71 bits per heavy atom. The molecule has 2 aromatic rings. The Labute approximate surface area is 191 Å². The highest BCUT2D eigenvalue weighted by Gasteiger charge is 2.10. The van der Waals surface area contributed by atoms with Crippen molar-refractivity contribution in [3.63, 3.8) is 0 Å². The van der Waals surface area contributed by atoms with E-state index in [-0.39, 0.29) is 5.96 Å². The highest BCUT2D eigenvalue weighted by Crippen LogP contribution is 2.26. The van der Waals surface area contributed by atoms with Gasteiger partial charge in [0.05, 0.1) is 12.3 Å². The van der Waals surface area contributed by atoms with E-state index >= 15 is 0 Å². The molecule has 1 atom stereocenters. The molecule has 0 spiro atoms. The van der Waals surface area contributed by atoms with Gasteiger partial charge in [0.25, 0.3) is 0 Å². The number of nitrogens with zero attached hydrogens (tertiary/aromatic N) is 1. The van der Waals surface area contributed by atoms with Crippen molar-refractivity contribution in [3.8, 4) is 5.75 Å². The van der Waals surface area contributed by atoms with Gasteiger partial charge < -0.3 is 10.5 Å². The van der Waals surface area contributed by atoms with Crippen LogP contribution in [-0.4, -0.2) is 18.3 Å². The molecule has 0 radical (unpaired) electrons. The van der Waals surface area contributed by atoms with Gasteiger partial charge in [0, 0.05) is 10.5 Å². The number of unbranched alkanes of at least 4 members (excludes halogenated alkanes) is 2. The Bertz CT molecular complexity index is 921. The lowest BCUT2D eigenvalue weighted by Gasteiger charge is -2.13. The van der Waals surface area contributed by atoms with Crippen molar-refractivity contribution >= 4 is 23.4 Å². The van der Waals surface area contributed by atoms with E-state index in [1.54, 1.807) is 11.8 Å². The Morgan fingerprint density at radius 1 is 1.19 bits per heavy atom. The van der Waals surface area contributed by atoms with Crippen molar-refractivity contribution in [2.45, 2.75) is 64.2 Å². The molecule has 0 saturated carbocycles. The number of benzene rings is 2. The van der Waals surface area contributed by atoms with Crippen LogP contribution in [-0.2, 0) is 0 Å². The number of nitrogens with two attached hydrogens (primary N) is 1. The van der Waals surface area contributed by atoms with Gasteiger partial charge in [-0.05, 0) is 72.6 Å². The van der Waals surface area contributed by atoms with Crippen LogP contribution in [0.15, 0.2) is 63.8 Å². The molecule has 0 heterocycles. The molecule has 2 aromatic carbocycles. The van der Waals surface area contributed by atoms with Crippen LogP contribution in [0.2, 0.25) is 0 Å². The van der Waals surface area contributed by atoms with Crippen molar-refractivity contribution in [2.24, 2.45) is 10.7 Å². The fraction of sp³-hybridized carbons (Fsp3) is 0.385. The topological polar surface area (TPSA) is 71.5 Å². The van der Waals surface area contributed by atoms with Gasteiger partial charge in [0.15, 0.2) is 0 Å². The lowest BCUT2D eigenvalue weighted by atomic mass is 9.93. The Balaban J connectivity index is 2.17. The van der Waals surface area contributed by atoms with Crippen LogP contribution < -0.4 is 10.5 Å². The Hall–Kier alpha value is -2.53. The third kappa shape index (κ3) is 8.25. The minimum absolute atomic E-state index is 0.194. The van der Waals surface area contributed by atoms with Gasteiger partial charge in [-0.3, -0.25) is 5.41 Å². The van der Waals surface area contributed by atoms with Crippen LogP contribution in [0.5, 0.6) is 5.75 Å². The van der Waals surface area contributed by atoms with Gasteiger partial charge in [0.2, 0.25) is 5.96 Å². The first-order valence-corrected chi connectivity index (χ1v) is 11.9. The van der Waals surface area contributed by atoms with Gasteiger partial charge in [-0.2, -0.15) is 0 Å². The maximum Gasteiger partial charge on any atom is 0.213 e. The zero-order valence-electron chi connectivity index (χ0n) is 19.2. The fourth-order valence-corrected chi connectivity index (χ4v) is 3.83. The third-order valence-corrected chi connectivity index (χ3v) is 6.01. The summed E-state index contributed by atoms with van der Waals surface area (Å²) in [5.41, 5.74) is 9.72. The zero-order chi connectivity index (χ0) is 22.6. The number of hydrogen-bond acceptors (Lipinski definition) is 3. The summed E-state index contributed by atoms with van der Waals surface area (Å²) in [4.78, 5) is 5.39. The first-order valence-electron chi connectivity index (χ1n) is 11.0. The van der Waals surface area contributed by atoms with Crippen LogP contribution in [0.3, 0.4) is 0 Å². The summed E-state index contributed by atoms with van der Waals surface area (Å²) in [5.74, 6) is 1.17. The van der Waals surface area contributed by atoms with E-state index in [1.807, 2.05) is 23.6 Å². The van der Waals surface area contributed by atoms with Gasteiger partial charge in [-0.1, -0.05) is 63.6 Å². The zero-order valence-corrected chi connectivity index (χ0v) is 20.0. The lowest BCUT2D eigenvalue weighted by molar-refractivity contribution is 0.305. The number of hydrogen-bond donors (Lipinski definition) is 2. The van der Waals surface area contributed by atoms with Crippen molar-refractivity contribution in [1.29, 1.82) is 5.41 Å². The number of aryl methyl sites for hydroxylation is 1.